The fourth-order valence-corrected chi connectivity index (χ4v) is 2.26. The number of hydrogen-bond donors (Lipinski definition) is 1. The molecule has 0 bridgehead atoms. The summed E-state index contributed by atoms with van der Waals surface area (Å²) in [6.07, 6.45) is 2.49. The lowest BCUT2D eigenvalue weighted by molar-refractivity contribution is -0.148. The molecule has 6 nitrogen and oxygen atoms in total. The summed E-state index contributed by atoms with van der Waals surface area (Å²) in [5.74, 6) is 0.113. The molecule has 0 saturated carbocycles. The number of urea groups is 1. The second-order valence-corrected chi connectivity index (χ2v) is 5.91. The molecule has 122 valence electrons. The molecule has 1 N–H and O–H groups in total. The largest absolute Gasteiger partial charge is 0.467 e. The third kappa shape index (κ3) is 5.19. The first kappa shape index (κ1) is 17.8. The molecule has 2 unspecified atom stereocenters. The molecule has 1 aliphatic rings. The minimum atomic E-state index is -0.979. The molecule has 1 heterocycles. The number of nitrogens with one attached hydrogen (secondary N) is 1. The number of morpholine rings is 1. The smallest absolute Gasteiger partial charge is 0.331 e. The first-order valence-electron chi connectivity index (χ1n) is 7.66. The summed E-state index contributed by atoms with van der Waals surface area (Å²) in [6.45, 7) is 8.17. The van der Waals surface area contributed by atoms with Crippen LogP contribution < -0.4 is 5.32 Å². The predicted octanol–water partition coefficient (Wildman–Crippen LogP) is 1.79. The normalized spacial score (nSPS) is 19.5. The minimum absolute atomic E-state index is 0.227. The van der Waals surface area contributed by atoms with Gasteiger partial charge in [0.1, 0.15) is 5.54 Å². The van der Waals surface area contributed by atoms with Gasteiger partial charge >= 0.3 is 12.0 Å². The summed E-state index contributed by atoms with van der Waals surface area (Å²) in [5.41, 5.74) is -0.979. The maximum Gasteiger partial charge on any atom is 0.331 e. The van der Waals surface area contributed by atoms with E-state index in [0.717, 1.165) is 12.8 Å². The van der Waals surface area contributed by atoms with Crippen LogP contribution in [0.15, 0.2) is 0 Å². The highest BCUT2D eigenvalue weighted by Gasteiger charge is 2.37. The first-order valence-corrected chi connectivity index (χ1v) is 7.66. The molecule has 1 saturated heterocycles. The van der Waals surface area contributed by atoms with E-state index in [-0.39, 0.29) is 6.03 Å². The lowest BCUT2D eigenvalue weighted by Gasteiger charge is -2.33. The third-order valence-electron chi connectivity index (χ3n) is 4.15. The van der Waals surface area contributed by atoms with Crippen LogP contribution in [-0.2, 0) is 14.3 Å². The summed E-state index contributed by atoms with van der Waals surface area (Å²) in [5, 5.41) is 2.85. The summed E-state index contributed by atoms with van der Waals surface area (Å²) < 4.78 is 10.1. The van der Waals surface area contributed by atoms with Gasteiger partial charge in [-0.2, -0.15) is 0 Å². The minimum Gasteiger partial charge on any atom is -0.467 e. The Morgan fingerprint density at radius 2 is 2.00 bits per heavy atom. The molecule has 2 amide bonds. The van der Waals surface area contributed by atoms with Crippen molar-refractivity contribution in [2.24, 2.45) is 5.92 Å². The van der Waals surface area contributed by atoms with E-state index in [1.54, 1.807) is 11.8 Å². The van der Waals surface area contributed by atoms with Gasteiger partial charge in [-0.15, -0.1) is 0 Å². The van der Waals surface area contributed by atoms with Gasteiger partial charge in [-0.1, -0.05) is 20.3 Å². The Bertz CT molecular complexity index is 356. The standard InChI is InChI=1S/C15H28N2O4/c1-5-12(2)6-7-15(3,13(18)20-4)16-14(19)17-8-10-21-11-9-17/h12H,5-11H2,1-4H3,(H,16,19). The number of carbonyl (C=O) groups excluding carboxylic acids is 2. The maximum absolute atomic E-state index is 12.3. The second-order valence-electron chi connectivity index (χ2n) is 5.91. The molecule has 1 rings (SSSR count). The van der Waals surface area contributed by atoms with Crippen LogP contribution >= 0.6 is 0 Å². The van der Waals surface area contributed by atoms with Crippen molar-refractivity contribution in [3.63, 3.8) is 0 Å². The first-order chi connectivity index (χ1) is 9.92. The average Bonchev–Trinajstić information content (AvgIpc) is 2.52. The number of ether oxygens (including phenoxy) is 2. The highest BCUT2D eigenvalue weighted by Crippen LogP contribution is 2.20. The van der Waals surface area contributed by atoms with Crippen molar-refractivity contribution in [1.82, 2.24) is 10.2 Å². The molecule has 1 aliphatic heterocycles. The van der Waals surface area contributed by atoms with E-state index < -0.39 is 11.5 Å². The maximum atomic E-state index is 12.3. The van der Waals surface area contributed by atoms with Crippen LogP contribution in [0.5, 0.6) is 0 Å². The Hall–Kier alpha value is -1.30. The van der Waals surface area contributed by atoms with Gasteiger partial charge in [0.25, 0.3) is 0 Å². The molecule has 0 aromatic carbocycles. The lowest BCUT2D eigenvalue weighted by atomic mass is 9.90. The van der Waals surface area contributed by atoms with Gasteiger partial charge < -0.3 is 19.7 Å². The van der Waals surface area contributed by atoms with Gasteiger partial charge in [0.2, 0.25) is 0 Å². The monoisotopic (exact) mass is 300 g/mol. The molecule has 2 atom stereocenters. The van der Waals surface area contributed by atoms with Crippen molar-refractivity contribution in [3.8, 4) is 0 Å². The zero-order valence-electron chi connectivity index (χ0n) is 13.6. The Labute approximate surface area is 127 Å². The van der Waals surface area contributed by atoms with Crippen molar-refractivity contribution >= 4 is 12.0 Å². The number of methoxy groups -OCH3 is 1. The van der Waals surface area contributed by atoms with E-state index in [0.29, 0.717) is 38.6 Å². The fourth-order valence-electron chi connectivity index (χ4n) is 2.26. The van der Waals surface area contributed by atoms with E-state index in [1.165, 1.54) is 7.11 Å². The molecule has 0 radical (unpaired) electrons. The average molecular weight is 300 g/mol. The fraction of sp³-hybridized carbons (Fsp3) is 0.867. The van der Waals surface area contributed by atoms with Gasteiger partial charge in [-0.05, 0) is 25.7 Å². The van der Waals surface area contributed by atoms with Gasteiger partial charge in [0.05, 0.1) is 20.3 Å². The van der Waals surface area contributed by atoms with Crippen LogP contribution in [0, 0.1) is 5.92 Å². The molecular weight excluding hydrogens is 272 g/mol. The molecule has 6 heteroatoms. The van der Waals surface area contributed by atoms with Crippen molar-refractivity contribution < 1.29 is 19.1 Å². The van der Waals surface area contributed by atoms with Crippen LogP contribution in [0.3, 0.4) is 0 Å². The van der Waals surface area contributed by atoms with Crippen LogP contribution in [0.1, 0.15) is 40.0 Å². The number of nitrogens with zero attached hydrogens (tertiary/aromatic N) is 1. The highest BCUT2D eigenvalue weighted by atomic mass is 16.5. The van der Waals surface area contributed by atoms with Crippen molar-refractivity contribution in [2.75, 3.05) is 33.4 Å². The zero-order valence-corrected chi connectivity index (χ0v) is 13.6. The third-order valence-corrected chi connectivity index (χ3v) is 4.15. The molecule has 0 aromatic rings. The second kappa shape index (κ2) is 8.22. The number of amides is 2. The summed E-state index contributed by atoms with van der Waals surface area (Å²) >= 11 is 0. The zero-order chi connectivity index (χ0) is 15.9. The van der Waals surface area contributed by atoms with Crippen molar-refractivity contribution in [3.05, 3.63) is 0 Å². The lowest BCUT2D eigenvalue weighted by Crippen LogP contribution is -2.58. The summed E-state index contributed by atoms with van der Waals surface area (Å²) in [7, 11) is 1.35. The summed E-state index contributed by atoms with van der Waals surface area (Å²) in [6, 6.07) is -0.227. The van der Waals surface area contributed by atoms with E-state index in [9.17, 15) is 9.59 Å². The quantitative estimate of drug-likeness (QED) is 0.759. The van der Waals surface area contributed by atoms with Crippen molar-refractivity contribution in [2.45, 2.75) is 45.6 Å². The van der Waals surface area contributed by atoms with Crippen LogP contribution in [0.25, 0.3) is 0 Å². The van der Waals surface area contributed by atoms with Gasteiger partial charge in [-0.25, -0.2) is 9.59 Å². The number of carbonyl (C=O) groups is 2. The summed E-state index contributed by atoms with van der Waals surface area (Å²) in [4.78, 5) is 26.0. The molecular formula is C15H28N2O4. The Morgan fingerprint density at radius 3 is 2.52 bits per heavy atom. The van der Waals surface area contributed by atoms with Gasteiger partial charge in [0.15, 0.2) is 0 Å². The van der Waals surface area contributed by atoms with Crippen molar-refractivity contribution in [1.29, 1.82) is 0 Å². The van der Waals surface area contributed by atoms with Crippen LogP contribution in [0.2, 0.25) is 0 Å². The Balaban J connectivity index is 2.67. The molecule has 0 aliphatic carbocycles. The van der Waals surface area contributed by atoms with E-state index in [2.05, 4.69) is 19.2 Å². The highest BCUT2D eigenvalue weighted by molar-refractivity contribution is 5.87. The molecule has 1 fully saturated rings. The number of hydrogen-bond acceptors (Lipinski definition) is 4. The molecule has 21 heavy (non-hydrogen) atoms. The predicted molar refractivity (Wildman–Crippen MR) is 80.0 cm³/mol. The van der Waals surface area contributed by atoms with Crippen LogP contribution in [0.4, 0.5) is 4.79 Å². The van der Waals surface area contributed by atoms with E-state index in [4.69, 9.17) is 9.47 Å². The van der Waals surface area contributed by atoms with E-state index >= 15 is 0 Å². The topological polar surface area (TPSA) is 67.9 Å². The molecule has 0 spiro atoms. The number of rotatable bonds is 6. The van der Waals surface area contributed by atoms with Gasteiger partial charge in [-0.3, -0.25) is 0 Å². The SMILES string of the molecule is CCC(C)CCC(C)(NC(=O)N1CCOCC1)C(=O)OC. The van der Waals surface area contributed by atoms with E-state index in [1.807, 2.05) is 0 Å². The number of esters is 1. The molecule has 0 aromatic heterocycles. The van der Waals surface area contributed by atoms with Crippen LogP contribution in [-0.4, -0.2) is 55.9 Å². The Kier molecular flexibility index (Phi) is 6.95. The van der Waals surface area contributed by atoms with Gasteiger partial charge in [0, 0.05) is 13.1 Å². The Morgan fingerprint density at radius 1 is 1.38 bits per heavy atom.